The molecule has 1 aromatic carbocycles. The van der Waals surface area contributed by atoms with Gasteiger partial charge in [0.1, 0.15) is 5.76 Å². The highest BCUT2D eigenvalue weighted by atomic mass is 16.5. The predicted octanol–water partition coefficient (Wildman–Crippen LogP) is 4.44. The third kappa shape index (κ3) is 4.74. The SMILES string of the molecule is CCc1c(CCCNC)[nH]c2cc(NC3=CC4C=C(C=C3)OCCCO4)ccc12. The fourth-order valence-electron chi connectivity index (χ4n) is 4.03. The van der Waals surface area contributed by atoms with Crippen molar-refractivity contribution in [1.29, 1.82) is 0 Å². The average molecular weight is 394 g/mol. The van der Waals surface area contributed by atoms with Crippen molar-refractivity contribution in [2.75, 3.05) is 32.1 Å². The van der Waals surface area contributed by atoms with E-state index < -0.39 is 0 Å². The Labute approximate surface area is 172 Å². The van der Waals surface area contributed by atoms with Gasteiger partial charge in [-0.1, -0.05) is 13.0 Å². The number of benzene rings is 1. The molecule has 4 rings (SSSR count). The second-order valence-corrected chi connectivity index (χ2v) is 7.59. The number of H-pyrrole nitrogens is 1. The zero-order valence-corrected chi connectivity index (χ0v) is 17.4. The van der Waals surface area contributed by atoms with E-state index >= 15 is 0 Å². The van der Waals surface area contributed by atoms with Gasteiger partial charge in [0.2, 0.25) is 0 Å². The number of hydrogen-bond donors (Lipinski definition) is 3. The Bertz CT molecular complexity index is 939. The largest absolute Gasteiger partial charge is 0.494 e. The van der Waals surface area contributed by atoms with Crippen LogP contribution in [-0.2, 0) is 22.3 Å². The van der Waals surface area contributed by atoms with E-state index in [4.69, 9.17) is 9.47 Å². The summed E-state index contributed by atoms with van der Waals surface area (Å²) in [6.45, 7) is 4.68. The number of rotatable bonds is 7. The van der Waals surface area contributed by atoms with Crippen molar-refractivity contribution >= 4 is 16.6 Å². The quantitative estimate of drug-likeness (QED) is 0.609. The molecule has 0 amide bonds. The topological polar surface area (TPSA) is 58.3 Å². The number of aromatic nitrogens is 1. The third-order valence-corrected chi connectivity index (χ3v) is 5.46. The van der Waals surface area contributed by atoms with Crippen LogP contribution in [0.15, 0.2) is 54.0 Å². The predicted molar refractivity (Wildman–Crippen MR) is 119 cm³/mol. The van der Waals surface area contributed by atoms with Crippen molar-refractivity contribution < 1.29 is 9.47 Å². The summed E-state index contributed by atoms with van der Waals surface area (Å²) < 4.78 is 11.7. The first kappa shape index (κ1) is 19.8. The van der Waals surface area contributed by atoms with Crippen LogP contribution in [0.4, 0.5) is 5.69 Å². The van der Waals surface area contributed by atoms with Crippen molar-refractivity contribution in [2.24, 2.45) is 0 Å². The van der Waals surface area contributed by atoms with Gasteiger partial charge < -0.3 is 25.1 Å². The van der Waals surface area contributed by atoms with Crippen molar-refractivity contribution in [1.82, 2.24) is 10.3 Å². The Hall–Kier alpha value is -2.50. The molecule has 0 fully saturated rings. The van der Waals surface area contributed by atoms with Gasteiger partial charge in [-0.25, -0.2) is 0 Å². The van der Waals surface area contributed by atoms with Crippen molar-refractivity contribution in [3.63, 3.8) is 0 Å². The van der Waals surface area contributed by atoms with Gasteiger partial charge in [0.05, 0.1) is 19.3 Å². The molecule has 1 aromatic heterocycles. The molecule has 0 radical (unpaired) electrons. The zero-order valence-electron chi connectivity index (χ0n) is 17.4. The van der Waals surface area contributed by atoms with E-state index in [9.17, 15) is 0 Å². The second kappa shape index (κ2) is 9.33. The number of fused-ring (bicyclic) bond motifs is 2. The van der Waals surface area contributed by atoms with Gasteiger partial charge in [0.25, 0.3) is 0 Å². The maximum Gasteiger partial charge on any atom is 0.118 e. The van der Waals surface area contributed by atoms with Crippen LogP contribution in [0.3, 0.4) is 0 Å². The minimum atomic E-state index is -0.0671. The molecule has 29 heavy (non-hydrogen) atoms. The van der Waals surface area contributed by atoms with Gasteiger partial charge in [0.15, 0.2) is 0 Å². The van der Waals surface area contributed by atoms with Gasteiger partial charge in [-0.2, -0.15) is 0 Å². The Kier molecular flexibility index (Phi) is 6.37. The number of hydrogen-bond acceptors (Lipinski definition) is 4. The van der Waals surface area contributed by atoms with E-state index in [0.717, 1.165) is 49.4 Å². The first-order valence-corrected chi connectivity index (χ1v) is 10.7. The molecular formula is C24H31N3O2. The van der Waals surface area contributed by atoms with Gasteiger partial charge in [0, 0.05) is 34.4 Å². The summed E-state index contributed by atoms with van der Waals surface area (Å²) in [6, 6.07) is 6.59. The fourth-order valence-corrected chi connectivity index (χ4v) is 4.03. The van der Waals surface area contributed by atoms with Crippen LogP contribution in [0.1, 0.15) is 31.0 Å². The number of aromatic amines is 1. The van der Waals surface area contributed by atoms with Gasteiger partial charge >= 0.3 is 0 Å². The summed E-state index contributed by atoms with van der Waals surface area (Å²) in [7, 11) is 2.01. The maximum atomic E-state index is 5.93. The highest BCUT2D eigenvalue weighted by molar-refractivity contribution is 5.87. The van der Waals surface area contributed by atoms with E-state index in [1.54, 1.807) is 0 Å². The van der Waals surface area contributed by atoms with E-state index in [1.165, 1.54) is 22.2 Å². The molecule has 0 spiro atoms. The van der Waals surface area contributed by atoms with E-state index in [-0.39, 0.29) is 6.10 Å². The van der Waals surface area contributed by atoms with Crippen molar-refractivity contribution in [3.8, 4) is 0 Å². The zero-order chi connectivity index (χ0) is 20.1. The van der Waals surface area contributed by atoms with Crippen LogP contribution in [0.2, 0.25) is 0 Å². The summed E-state index contributed by atoms with van der Waals surface area (Å²) in [4.78, 5) is 3.66. The molecule has 1 aliphatic carbocycles. The van der Waals surface area contributed by atoms with Crippen LogP contribution >= 0.6 is 0 Å². The minimum absolute atomic E-state index is 0.0671. The lowest BCUT2D eigenvalue weighted by molar-refractivity contribution is 0.0772. The molecule has 2 aliphatic rings. The lowest BCUT2D eigenvalue weighted by Crippen LogP contribution is -2.14. The van der Waals surface area contributed by atoms with Crippen LogP contribution in [0, 0.1) is 0 Å². The Morgan fingerprint density at radius 3 is 2.97 bits per heavy atom. The maximum absolute atomic E-state index is 5.93. The average Bonchev–Trinajstić information content (AvgIpc) is 2.90. The van der Waals surface area contributed by atoms with Crippen LogP contribution in [0.5, 0.6) is 0 Å². The summed E-state index contributed by atoms with van der Waals surface area (Å²) in [5.74, 6) is 0.876. The smallest absolute Gasteiger partial charge is 0.118 e. The van der Waals surface area contributed by atoms with Gasteiger partial charge in [-0.05, 0) is 74.9 Å². The lowest BCUT2D eigenvalue weighted by Gasteiger charge is -2.16. The molecule has 2 aromatic rings. The van der Waals surface area contributed by atoms with E-state index in [1.807, 2.05) is 19.2 Å². The monoisotopic (exact) mass is 393 g/mol. The number of anilines is 1. The van der Waals surface area contributed by atoms with Crippen LogP contribution < -0.4 is 10.6 Å². The lowest BCUT2D eigenvalue weighted by atomic mass is 10.1. The molecule has 1 atom stereocenters. The Morgan fingerprint density at radius 1 is 1.17 bits per heavy atom. The molecule has 3 N–H and O–H groups in total. The fraction of sp³-hybridized carbons (Fsp3) is 0.417. The molecule has 2 bridgehead atoms. The number of ether oxygens (including phenoxy) is 2. The normalized spacial score (nSPS) is 19.0. The van der Waals surface area contributed by atoms with Crippen molar-refractivity contribution in [3.05, 3.63) is 65.2 Å². The summed E-state index contributed by atoms with van der Waals surface area (Å²) in [5.41, 5.74) is 6.08. The first-order valence-electron chi connectivity index (χ1n) is 10.7. The molecule has 0 saturated carbocycles. The standard InChI is InChI=1S/C24H31N3O2/c1-3-21-22-10-8-18(15-24(22)27-23(21)6-4-11-25-2)26-17-7-9-19-16-20(14-17)29-13-5-12-28-19/h7-10,14-16,20,25-27H,3-6,11-13H2,1-2H3. The molecule has 154 valence electrons. The van der Waals surface area contributed by atoms with Crippen LogP contribution in [-0.4, -0.2) is 37.9 Å². The highest BCUT2D eigenvalue weighted by Crippen LogP contribution is 2.28. The Balaban J connectivity index is 1.55. The molecule has 1 unspecified atom stereocenters. The highest BCUT2D eigenvalue weighted by Gasteiger charge is 2.14. The minimum Gasteiger partial charge on any atom is -0.494 e. The van der Waals surface area contributed by atoms with Crippen molar-refractivity contribution in [2.45, 2.75) is 38.7 Å². The Morgan fingerprint density at radius 2 is 2.10 bits per heavy atom. The van der Waals surface area contributed by atoms with E-state index in [0.29, 0.717) is 13.2 Å². The van der Waals surface area contributed by atoms with E-state index in [2.05, 4.69) is 52.9 Å². The molecular weight excluding hydrogens is 362 g/mol. The first-order chi connectivity index (χ1) is 14.3. The summed E-state index contributed by atoms with van der Waals surface area (Å²) in [5, 5.41) is 8.10. The number of nitrogens with one attached hydrogen (secondary N) is 3. The molecule has 2 heterocycles. The molecule has 5 nitrogen and oxygen atoms in total. The van der Waals surface area contributed by atoms with Gasteiger partial charge in [-0.3, -0.25) is 0 Å². The third-order valence-electron chi connectivity index (χ3n) is 5.46. The summed E-state index contributed by atoms with van der Waals surface area (Å²) in [6.07, 6.45) is 12.3. The summed E-state index contributed by atoms with van der Waals surface area (Å²) >= 11 is 0. The number of allylic oxidation sites excluding steroid dienone is 2. The number of aryl methyl sites for hydroxylation is 2. The molecule has 1 aliphatic heterocycles. The molecule has 5 heteroatoms. The molecule has 0 saturated heterocycles. The van der Waals surface area contributed by atoms with Gasteiger partial charge in [-0.15, -0.1) is 0 Å². The second-order valence-electron chi connectivity index (χ2n) is 7.59. The van der Waals surface area contributed by atoms with Crippen LogP contribution in [0.25, 0.3) is 10.9 Å².